The zero-order valence-corrected chi connectivity index (χ0v) is 14.1. The van der Waals surface area contributed by atoms with Crippen molar-refractivity contribution >= 4 is 17.7 Å². The highest BCUT2D eigenvalue weighted by Crippen LogP contribution is 2.28. The number of carbonyl (C=O) groups excluding carboxylic acids is 3. The Morgan fingerprint density at radius 2 is 1.75 bits per heavy atom. The zero-order valence-electron chi connectivity index (χ0n) is 14.1. The summed E-state index contributed by atoms with van der Waals surface area (Å²) in [6, 6.07) is 5.88. The molecule has 2 heterocycles. The van der Waals surface area contributed by atoms with Gasteiger partial charge in [-0.1, -0.05) is 26.0 Å². The summed E-state index contributed by atoms with van der Waals surface area (Å²) in [7, 11) is 0. The van der Waals surface area contributed by atoms with Gasteiger partial charge in [-0.3, -0.25) is 19.3 Å². The highest BCUT2D eigenvalue weighted by Gasteiger charge is 2.45. The number of likely N-dealkylation sites (tertiary alicyclic amines) is 1. The molecule has 0 spiro atoms. The van der Waals surface area contributed by atoms with Gasteiger partial charge in [0.15, 0.2) is 0 Å². The van der Waals surface area contributed by atoms with Crippen LogP contribution in [0.15, 0.2) is 24.3 Å². The summed E-state index contributed by atoms with van der Waals surface area (Å²) in [6.45, 7) is 4.82. The van der Waals surface area contributed by atoms with Crippen molar-refractivity contribution in [3.8, 4) is 0 Å². The number of piperidine rings is 1. The largest absolute Gasteiger partial charge is 0.339 e. The average Bonchev–Trinajstić information content (AvgIpc) is 2.80. The van der Waals surface area contributed by atoms with Crippen molar-refractivity contribution in [3.63, 3.8) is 0 Å². The minimum Gasteiger partial charge on any atom is -0.339 e. The fourth-order valence-electron chi connectivity index (χ4n) is 3.55. The van der Waals surface area contributed by atoms with Crippen molar-refractivity contribution in [1.82, 2.24) is 9.80 Å². The van der Waals surface area contributed by atoms with E-state index in [0.717, 1.165) is 17.7 Å². The number of carbonyl (C=O) groups is 3. The Bertz CT molecular complexity index is 651. The Labute approximate surface area is 141 Å². The second-order valence-corrected chi connectivity index (χ2v) is 6.90. The molecule has 0 aliphatic carbocycles. The molecule has 6 nitrogen and oxygen atoms in total. The molecule has 1 saturated heterocycles. The molecule has 128 valence electrons. The van der Waals surface area contributed by atoms with Crippen molar-refractivity contribution in [2.75, 3.05) is 13.1 Å². The van der Waals surface area contributed by atoms with Gasteiger partial charge in [-0.15, -0.1) is 0 Å². The van der Waals surface area contributed by atoms with Crippen molar-refractivity contribution in [1.29, 1.82) is 0 Å². The number of fused-ring (bicyclic) bond motifs is 1. The summed E-state index contributed by atoms with van der Waals surface area (Å²) in [5.74, 6) is -1.12. The molecule has 6 heteroatoms. The van der Waals surface area contributed by atoms with Crippen molar-refractivity contribution in [2.45, 2.75) is 38.8 Å². The van der Waals surface area contributed by atoms with Gasteiger partial charge < -0.3 is 10.6 Å². The topological polar surface area (TPSA) is 83.7 Å². The van der Waals surface area contributed by atoms with Gasteiger partial charge in [0, 0.05) is 19.1 Å². The zero-order chi connectivity index (χ0) is 17.4. The lowest BCUT2D eigenvalue weighted by atomic mass is 9.98. The minimum absolute atomic E-state index is 0.0438. The number of rotatable bonds is 3. The predicted molar refractivity (Wildman–Crippen MR) is 89.4 cm³/mol. The summed E-state index contributed by atoms with van der Waals surface area (Å²) >= 11 is 0. The smallest absolute Gasteiger partial charge is 0.262 e. The van der Waals surface area contributed by atoms with Gasteiger partial charge >= 0.3 is 0 Å². The number of amides is 3. The third kappa shape index (κ3) is 2.71. The number of nitrogens with two attached hydrogens (primary N) is 1. The van der Waals surface area contributed by atoms with E-state index in [1.54, 1.807) is 29.2 Å². The number of imide groups is 1. The number of hydrogen-bond donors (Lipinski definition) is 1. The average molecular weight is 329 g/mol. The first kappa shape index (κ1) is 16.6. The number of benzene rings is 1. The maximum atomic E-state index is 13.0. The molecule has 0 aromatic heterocycles. The van der Waals surface area contributed by atoms with E-state index < -0.39 is 6.04 Å². The molecular formula is C18H23N3O3. The molecule has 2 aliphatic heterocycles. The van der Waals surface area contributed by atoms with Gasteiger partial charge in [0.25, 0.3) is 11.8 Å². The first-order valence-corrected chi connectivity index (χ1v) is 8.43. The van der Waals surface area contributed by atoms with Crippen molar-refractivity contribution < 1.29 is 14.4 Å². The van der Waals surface area contributed by atoms with Gasteiger partial charge in [-0.05, 0) is 30.9 Å². The summed E-state index contributed by atoms with van der Waals surface area (Å²) < 4.78 is 0. The first-order valence-electron chi connectivity index (χ1n) is 8.43. The second kappa shape index (κ2) is 6.36. The van der Waals surface area contributed by atoms with Crippen LogP contribution in [0.5, 0.6) is 0 Å². The molecule has 1 aromatic rings. The van der Waals surface area contributed by atoms with Crippen LogP contribution in [-0.4, -0.2) is 52.7 Å². The maximum absolute atomic E-state index is 13.0. The SMILES string of the molecule is CC(C)C(C(=O)N1CCCC(N)C1)N1C(=O)c2ccccc2C1=O. The lowest BCUT2D eigenvalue weighted by Crippen LogP contribution is -2.56. The van der Waals surface area contributed by atoms with Gasteiger partial charge in [0.2, 0.25) is 5.91 Å². The fourth-order valence-corrected chi connectivity index (χ4v) is 3.55. The first-order chi connectivity index (χ1) is 11.4. The lowest BCUT2D eigenvalue weighted by molar-refractivity contribution is -0.138. The molecule has 2 atom stereocenters. The molecule has 2 aliphatic rings. The maximum Gasteiger partial charge on any atom is 0.262 e. The number of hydrogen-bond acceptors (Lipinski definition) is 4. The van der Waals surface area contributed by atoms with E-state index >= 15 is 0 Å². The van der Waals surface area contributed by atoms with Crippen LogP contribution in [0.4, 0.5) is 0 Å². The van der Waals surface area contributed by atoms with Crippen molar-refractivity contribution in [2.24, 2.45) is 11.7 Å². The van der Waals surface area contributed by atoms with E-state index in [-0.39, 0.29) is 29.7 Å². The Kier molecular flexibility index (Phi) is 4.41. The highest BCUT2D eigenvalue weighted by atomic mass is 16.2. The van der Waals surface area contributed by atoms with E-state index in [1.165, 1.54) is 0 Å². The van der Waals surface area contributed by atoms with E-state index in [2.05, 4.69) is 0 Å². The third-order valence-electron chi connectivity index (χ3n) is 4.76. The lowest BCUT2D eigenvalue weighted by Gasteiger charge is -2.37. The third-order valence-corrected chi connectivity index (χ3v) is 4.76. The van der Waals surface area contributed by atoms with Gasteiger partial charge in [-0.25, -0.2) is 0 Å². The molecule has 1 fully saturated rings. The second-order valence-electron chi connectivity index (χ2n) is 6.90. The minimum atomic E-state index is -0.789. The normalized spacial score (nSPS) is 22.1. The van der Waals surface area contributed by atoms with Gasteiger partial charge in [0.05, 0.1) is 11.1 Å². The van der Waals surface area contributed by atoms with E-state index in [1.807, 2.05) is 13.8 Å². The Morgan fingerprint density at radius 1 is 1.17 bits per heavy atom. The number of nitrogens with zero attached hydrogens (tertiary/aromatic N) is 2. The monoisotopic (exact) mass is 329 g/mol. The molecule has 2 N–H and O–H groups in total. The molecule has 0 saturated carbocycles. The molecule has 0 radical (unpaired) electrons. The standard InChI is InChI=1S/C18H23N3O3/c1-11(2)15(18(24)20-9-5-6-12(19)10-20)21-16(22)13-7-3-4-8-14(13)17(21)23/h3-4,7-8,11-12,15H,5-6,9-10,19H2,1-2H3. The van der Waals surface area contributed by atoms with Crippen LogP contribution in [0.3, 0.4) is 0 Å². The molecule has 24 heavy (non-hydrogen) atoms. The van der Waals surface area contributed by atoms with E-state index in [0.29, 0.717) is 24.2 Å². The molecule has 1 aromatic carbocycles. The fraction of sp³-hybridized carbons (Fsp3) is 0.500. The van der Waals surface area contributed by atoms with Crippen LogP contribution < -0.4 is 5.73 Å². The van der Waals surface area contributed by atoms with Crippen LogP contribution in [0.2, 0.25) is 0 Å². The Hall–Kier alpha value is -2.21. The quantitative estimate of drug-likeness (QED) is 0.846. The molecule has 2 unspecified atom stereocenters. The highest BCUT2D eigenvalue weighted by molar-refractivity contribution is 6.22. The van der Waals surface area contributed by atoms with Gasteiger partial charge in [0.1, 0.15) is 6.04 Å². The Morgan fingerprint density at radius 3 is 2.25 bits per heavy atom. The van der Waals surface area contributed by atoms with Crippen LogP contribution in [0.1, 0.15) is 47.4 Å². The van der Waals surface area contributed by atoms with Crippen LogP contribution in [0.25, 0.3) is 0 Å². The van der Waals surface area contributed by atoms with Crippen LogP contribution in [0, 0.1) is 5.92 Å². The molecule has 0 bridgehead atoms. The van der Waals surface area contributed by atoms with E-state index in [9.17, 15) is 14.4 Å². The van der Waals surface area contributed by atoms with Crippen molar-refractivity contribution in [3.05, 3.63) is 35.4 Å². The summed E-state index contributed by atoms with van der Waals surface area (Å²) in [6.07, 6.45) is 1.74. The Balaban J connectivity index is 1.91. The van der Waals surface area contributed by atoms with Gasteiger partial charge in [-0.2, -0.15) is 0 Å². The molecule has 3 amide bonds. The summed E-state index contributed by atoms with van der Waals surface area (Å²) in [4.78, 5) is 41.3. The van der Waals surface area contributed by atoms with Crippen LogP contribution >= 0.6 is 0 Å². The molecular weight excluding hydrogens is 306 g/mol. The van der Waals surface area contributed by atoms with E-state index in [4.69, 9.17) is 5.73 Å². The summed E-state index contributed by atoms with van der Waals surface area (Å²) in [5.41, 5.74) is 6.72. The molecule has 3 rings (SSSR count). The predicted octanol–water partition coefficient (Wildman–Crippen LogP) is 1.26. The van der Waals surface area contributed by atoms with Crippen LogP contribution in [-0.2, 0) is 4.79 Å². The summed E-state index contributed by atoms with van der Waals surface area (Å²) in [5, 5.41) is 0.